The standard InChI is InChI=1S/C23H13O/c24-14-20-7-3-6-17-11-19-9-8-18-10-15-4-1-2-5-16(15)12-22(18)23(19)13-21(17)20/h1-13H. The summed E-state index contributed by atoms with van der Waals surface area (Å²) < 4.78 is 0. The van der Waals surface area contributed by atoms with E-state index in [1.165, 1.54) is 32.3 Å². The second-order valence-electron chi connectivity index (χ2n) is 6.19. The Bertz CT molecular complexity index is 1270. The van der Waals surface area contributed by atoms with Gasteiger partial charge in [-0.3, -0.25) is 4.79 Å². The van der Waals surface area contributed by atoms with Crippen LogP contribution in [0.3, 0.4) is 0 Å². The summed E-state index contributed by atoms with van der Waals surface area (Å²) in [5, 5.41) is 9.30. The highest BCUT2D eigenvalue weighted by molar-refractivity contribution is 6.16. The van der Waals surface area contributed by atoms with Crippen molar-refractivity contribution in [3.05, 3.63) is 84.4 Å². The van der Waals surface area contributed by atoms with Crippen LogP contribution in [0, 0.1) is 0 Å². The van der Waals surface area contributed by atoms with Crippen LogP contribution in [0.25, 0.3) is 43.1 Å². The summed E-state index contributed by atoms with van der Waals surface area (Å²) in [6.45, 7) is 0. The molecule has 1 heteroatoms. The minimum atomic E-state index is 0.618. The highest BCUT2D eigenvalue weighted by Crippen LogP contribution is 2.32. The van der Waals surface area contributed by atoms with Gasteiger partial charge >= 0.3 is 0 Å². The van der Waals surface area contributed by atoms with Gasteiger partial charge in [0.2, 0.25) is 6.29 Å². The largest absolute Gasteiger partial charge is 0.285 e. The van der Waals surface area contributed by atoms with E-state index < -0.39 is 0 Å². The lowest BCUT2D eigenvalue weighted by atomic mass is 9.95. The number of hydrogen-bond donors (Lipinski definition) is 0. The Morgan fingerprint density at radius 3 is 1.83 bits per heavy atom. The van der Waals surface area contributed by atoms with E-state index in [9.17, 15) is 4.79 Å². The second kappa shape index (κ2) is 4.90. The van der Waals surface area contributed by atoms with Crippen molar-refractivity contribution in [1.29, 1.82) is 0 Å². The Morgan fingerprint density at radius 1 is 0.500 bits per heavy atom. The van der Waals surface area contributed by atoms with Crippen molar-refractivity contribution < 1.29 is 4.79 Å². The van der Waals surface area contributed by atoms with E-state index in [0.29, 0.717) is 5.56 Å². The number of benzene rings is 5. The van der Waals surface area contributed by atoms with Crippen LogP contribution in [0.2, 0.25) is 0 Å². The molecular weight excluding hydrogens is 292 g/mol. The molecule has 0 unspecified atom stereocenters. The zero-order valence-electron chi connectivity index (χ0n) is 12.9. The van der Waals surface area contributed by atoms with E-state index >= 15 is 0 Å². The fourth-order valence-electron chi connectivity index (χ4n) is 3.61. The third kappa shape index (κ3) is 1.85. The van der Waals surface area contributed by atoms with Gasteiger partial charge in [0, 0.05) is 5.56 Å². The summed E-state index contributed by atoms with van der Waals surface area (Å²) in [6, 6.07) is 27.3. The molecule has 5 rings (SSSR count). The Labute approximate surface area is 139 Å². The van der Waals surface area contributed by atoms with Crippen LogP contribution in [-0.2, 0) is 4.79 Å². The molecule has 0 heterocycles. The van der Waals surface area contributed by atoms with Gasteiger partial charge in [0.15, 0.2) is 0 Å². The molecule has 1 nitrogen and oxygen atoms in total. The molecule has 0 bridgehead atoms. The van der Waals surface area contributed by atoms with E-state index in [1.807, 2.05) is 18.2 Å². The van der Waals surface area contributed by atoms with E-state index in [0.717, 1.165) is 10.8 Å². The van der Waals surface area contributed by atoms with Crippen LogP contribution in [0.1, 0.15) is 5.56 Å². The predicted octanol–water partition coefficient (Wildman–Crippen LogP) is 5.76. The van der Waals surface area contributed by atoms with Crippen LogP contribution in [0.4, 0.5) is 0 Å². The van der Waals surface area contributed by atoms with Crippen LogP contribution < -0.4 is 0 Å². The number of hydrogen-bond acceptors (Lipinski definition) is 1. The highest BCUT2D eigenvalue weighted by Gasteiger charge is 2.07. The Balaban J connectivity index is 1.99. The maximum atomic E-state index is 11.3. The number of carbonyl (C=O) groups excluding carboxylic acids is 1. The summed E-state index contributed by atoms with van der Waals surface area (Å²) in [7, 11) is 0. The first-order chi connectivity index (χ1) is 11.8. The summed E-state index contributed by atoms with van der Waals surface area (Å²) in [5.74, 6) is 0. The molecule has 0 saturated carbocycles. The molecule has 1 radical (unpaired) electrons. The molecule has 0 atom stereocenters. The lowest BCUT2D eigenvalue weighted by molar-refractivity contribution is 0.563. The van der Waals surface area contributed by atoms with Gasteiger partial charge in [-0.2, -0.15) is 0 Å². The Hall–Kier alpha value is -3.19. The zero-order valence-corrected chi connectivity index (χ0v) is 12.9. The molecule has 0 saturated heterocycles. The van der Waals surface area contributed by atoms with Gasteiger partial charge in [0.25, 0.3) is 0 Å². The van der Waals surface area contributed by atoms with Crippen molar-refractivity contribution in [2.45, 2.75) is 0 Å². The molecule has 0 aliphatic carbocycles. The van der Waals surface area contributed by atoms with Gasteiger partial charge in [-0.1, -0.05) is 54.6 Å². The van der Waals surface area contributed by atoms with Gasteiger partial charge in [-0.15, -0.1) is 0 Å². The molecule has 0 aliphatic rings. The SMILES string of the molecule is O=[C]c1cccc2cc3ccc4cc5ccccc5cc4c3cc12. The lowest BCUT2D eigenvalue weighted by Crippen LogP contribution is -1.85. The van der Waals surface area contributed by atoms with Gasteiger partial charge in [0.05, 0.1) is 0 Å². The summed E-state index contributed by atoms with van der Waals surface area (Å²) in [6.07, 6.45) is 2.06. The first-order valence-electron chi connectivity index (χ1n) is 8.00. The van der Waals surface area contributed by atoms with Gasteiger partial charge < -0.3 is 0 Å². The fraction of sp³-hybridized carbons (Fsp3) is 0. The van der Waals surface area contributed by atoms with E-state index in [1.54, 1.807) is 0 Å². The fourth-order valence-corrected chi connectivity index (χ4v) is 3.61. The minimum absolute atomic E-state index is 0.618. The maximum absolute atomic E-state index is 11.3. The van der Waals surface area contributed by atoms with Crippen LogP contribution in [0.5, 0.6) is 0 Å². The zero-order chi connectivity index (χ0) is 16.1. The molecule has 0 fully saturated rings. The summed E-state index contributed by atoms with van der Waals surface area (Å²) in [5.41, 5.74) is 0.618. The van der Waals surface area contributed by atoms with Crippen molar-refractivity contribution in [1.82, 2.24) is 0 Å². The van der Waals surface area contributed by atoms with Crippen molar-refractivity contribution in [3.63, 3.8) is 0 Å². The van der Waals surface area contributed by atoms with Crippen molar-refractivity contribution in [2.24, 2.45) is 0 Å². The van der Waals surface area contributed by atoms with E-state index in [2.05, 4.69) is 66.9 Å². The molecule has 0 N–H and O–H groups in total. The highest BCUT2D eigenvalue weighted by atomic mass is 16.1. The van der Waals surface area contributed by atoms with Crippen molar-refractivity contribution in [3.8, 4) is 0 Å². The molecule has 24 heavy (non-hydrogen) atoms. The molecule has 0 aromatic heterocycles. The predicted molar refractivity (Wildman–Crippen MR) is 101 cm³/mol. The van der Waals surface area contributed by atoms with Gasteiger partial charge in [0.1, 0.15) is 0 Å². The van der Waals surface area contributed by atoms with E-state index in [-0.39, 0.29) is 0 Å². The normalized spacial score (nSPS) is 11.5. The smallest absolute Gasteiger partial charge is 0.234 e. The number of fused-ring (bicyclic) bond motifs is 5. The molecular formula is C23H13O. The molecule has 5 aromatic rings. The van der Waals surface area contributed by atoms with Gasteiger partial charge in [-0.25, -0.2) is 0 Å². The summed E-state index contributed by atoms with van der Waals surface area (Å²) in [4.78, 5) is 11.3. The molecule has 111 valence electrons. The Kier molecular flexibility index (Phi) is 2.71. The summed E-state index contributed by atoms with van der Waals surface area (Å²) >= 11 is 0. The first kappa shape index (κ1) is 13.3. The third-order valence-electron chi connectivity index (χ3n) is 4.81. The average Bonchev–Trinajstić information content (AvgIpc) is 2.64. The van der Waals surface area contributed by atoms with Gasteiger partial charge in [-0.05, 0) is 67.4 Å². The molecule has 0 spiro atoms. The van der Waals surface area contributed by atoms with Crippen molar-refractivity contribution in [2.75, 3.05) is 0 Å². The van der Waals surface area contributed by atoms with Crippen LogP contribution in [-0.4, -0.2) is 6.29 Å². The number of rotatable bonds is 1. The quantitative estimate of drug-likeness (QED) is 0.284. The van der Waals surface area contributed by atoms with E-state index in [4.69, 9.17) is 0 Å². The molecule has 0 amide bonds. The average molecular weight is 305 g/mol. The third-order valence-corrected chi connectivity index (χ3v) is 4.81. The van der Waals surface area contributed by atoms with Crippen molar-refractivity contribution >= 4 is 49.4 Å². The maximum Gasteiger partial charge on any atom is 0.234 e. The van der Waals surface area contributed by atoms with Crippen LogP contribution >= 0.6 is 0 Å². The lowest BCUT2D eigenvalue weighted by Gasteiger charge is -2.09. The molecule has 5 aromatic carbocycles. The second-order valence-corrected chi connectivity index (χ2v) is 6.19. The first-order valence-corrected chi connectivity index (χ1v) is 8.00. The van der Waals surface area contributed by atoms with Crippen LogP contribution in [0.15, 0.2) is 78.9 Å². The Morgan fingerprint density at radius 2 is 1.08 bits per heavy atom. The minimum Gasteiger partial charge on any atom is -0.285 e. The topological polar surface area (TPSA) is 17.1 Å². The molecule has 0 aliphatic heterocycles. The monoisotopic (exact) mass is 305 g/mol.